The van der Waals surface area contributed by atoms with Crippen molar-refractivity contribution in [2.45, 2.75) is 11.8 Å². The number of anilines is 1. The van der Waals surface area contributed by atoms with Crippen molar-refractivity contribution in [3.05, 3.63) is 70.5 Å². The summed E-state index contributed by atoms with van der Waals surface area (Å²) in [5, 5.41) is 5.20. The first-order chi connectivity index (χ1) is 16.4. The van der Waals surface area contributed by atoms with Gasteiger partial charge < -0.3 is 9.64 Å². The summed E-state index contributed by atoms with van der Waals surface area (Å²) in [4.78, 5) is 20.1. The standard InChI is InChI=1S/C23H23N5O4S2/c1-16-5-3-4-6-19(16)22-25-28-21(29)15-20(24-23(28)33-22)26-11-13-27(14-12-26)34(30,31)18-9-7-17(32-2)8-10-18/h3-10,15H,11-14H2,1-2H3. The van der Waals surface area contributed by atoms with Gasteiger partial charge in [0.25, 0.3) is 5.56 Å². The SMILES string of the molecule is COc1ccc(S(=O)(=O)N2CCN(c3cc(=O)n4nc(-c5ccccc5C)sc4n3)CC2)cc1. The highest BCUT2D eigenvalue weighted by Gasteiger charge is 2.29. The fourth-order valence-electron chi connectivity index (χ4n) is 3.94. The number of ether oxygens (including phenoxy) is 1. The van der Waals surface area contributed by atoms with Gasteiger partial charge in [-0.3, -0.25) is 4.79 Å². The second-order valence-electron chi connectivity index (χ2n) is 7.94. The molecule has 0 atom stereocenters. The van der Waals surface area contributed by atoms with Gasteiger partial charge in [0.05, 0.1) is 12.0 Å². The maximum atomic E-state index is 13.0. The first-order valence-corrected chi connectivity index (χ1v) is 13.0. The van der Waals surface area contributed by atoms with Crippen molar-refractivity contribution in [2.75, 3.05) is 38.2 Å². The van der Waals surface area contributed by atoms with Crippen molar-refractivity contribution in [3.63, 3.8) is 0 Å². The number of aromatic nitrogens is 3. The van der Waals surface area contributed by atoms with E-state index in [0.717, 1.165) is 16.1 Å². The molecule has 34 heavy (non-hydrogen) atoms. The van der Waals surface area contributed by atoms with Crippen LogP contribution in [0.15, 0.2) is 64.3 Å². The lowest BCUT2D eigenvalue weighted by molar-refractivity contribution is 0.383. The molecule has 0 aliphatic carbocycles. The number of methoxy groups -OCH3 is 1. The Morgan fingerprint density at radius 1 is 1.00 bits per heavy atom. The summed E-state index contributed by atoms with van der Waals surface area (Å²) in [6, 6.07) is 15.7. The molecule has 1 aliphatic heterocycles. The fraction of sp³-hybridized carbons (Fsp3) is 0.261. The van der Waals surface area contributed by atoms with E-state index in [0.29, 0.717) is 42.7 Å². The fourth-order valence-corrected chi connectivity index (χ4v) is 6.35. The Morgan fingerprint density at radius 2 is 1.71 bits per heavy atom. The molecule has 0 unspecified atom stereocenters. The smallest absolute Gasteiger partial charge is 0.277 e. The highest BCUT2D eigenvalue weighted by Crippen LogP contribution is 2.28. The Morgan fingerprint density at radius 3 is 2.38 bits per heavy atom. The highest BCUT2D eigenvalue weighted by molar-refractivity contribution is 7.89. The Bertz CT molecular complexity index is 1500. The lowest BCUT2D eigenvalue weighted by atomic mass is 10.1. The minimum absolute atomic E-state index is 0.230. The number of aryl methyl sites for hydroxylation is 1. The van der Waals surface area contributed by atoms with Crippen LogP contribution in [-0.4, -0.2) is 60.6 Å². The number of nitrogens with zero attached hydrogens (tertiary/aromatic N) is 5. The topological polar surface area (TPSA) is 97.1 Å². The summed E-state index contributed by atoms with van der Waals surface area (Å²) in [7, 11) is -2.07. The molecule has 0 amide bonds. The summed E-state index contributed by atoms with van der Waals surface area (Å²) in [5.41, 5.74) is 1.78. The molecule has 0 saturated carbocycles. The van der Waals surface area contributed by atoms with E-state index in [9.17, 15) is 13.2 Å². The van der Waals surface area contributed by atoms with Gasteiger partial charge in [0, 0.05) is 37.8 Å². The van der Waals surface area contributed by atoms with Crippen LogP contribution in [-0.2, 0) is 10.0 Å². The van der Waals surface area contributed by atoms with E-state index in [4.69, 9.17) is 4.74 Å². The lowest BCUT2D eigenvalue weighted by Gasteiger charge is -2.34. The summed E-state index contributed by atoms with van der Waals surface area (Å²) < 4.78 is 33.9. The van der Waals surface area contributed by atoms with Crippen LogP contribution in [0.25, 0.3) is 15.5 Å². The number of fused-ring (bicyclic) bond motifs is 1. The van der Waals surface area contributed by atoms with Crippen LogP contribution in [0.4, 0.5) is 5.82 Å². The second kappa shape index (κ2) is 8.82. The number of sulfonamides is 1. The Kier molecular flexibility index (Phi) is 5.84. The molecule has 1 aliphatic rings. The van der Waals surface area contributed by atoms with E-state index >= 15 is 0 Å². The normalized spacial score (nSPS) is 15.1. The molecule has 5 rings (SSSR count). The van der Waals surface area contributed by atoms with Gasteiger partial charge >= 0.3 is 0 Å². The molecule has 1 fully saturated rings. The summed E-state index contributed by atoms with van der Waals surface area (Å²) in [5.74, 6) is 1.14. The van der Waals surface area contributed by atoms with Gasteiger partial charge in [-0.05, 0) is 36.8 Å². The molecular weight excluding hydrogens is 474 g/mol. The molecule has 2 aromatic heterocycles. The van der Waals surface area contributed by atoms with Gasteiger partial charge in [-0.15, -0.1) is 0 Å². The van der Waals surface area contributed by atoms with Crippen molar-refractivity contribution in [3.8, 4) is 16.3 Å². The van der Waals surface area contributed by atoms with Crippen molar-refractivity contribution < 1.29 is 13.2 Å². The van der Waals surface area contributed by atoms with E-state index in [2.05, 4.69) is 10.1 Å². The molecule has 0 radical (unpaired) electrons. The quantitative estimate of drug-likeness (QED) is 0.418. The molecular formula is C23H23N5O4S2. The average Bonchev–Trinajstić information content (AvgIpc) is 3.29. The van der Waals surface area contributed by atoms with Crippen LogP contribution < -0.4 is 15.2 Å². The molecule has 11 heteroatoms. The average molecular weight is 498 g/mol. The van der Waals surface area contributed by atoms with Gasteiger partial charge in [0.15, 0.2) is 0 Å². The zero-order valence-electron chi connectivity index (χ0n) is 18.7. The van der Waals surface area contributed by atoms with Crippen LogP contribution in [0.5, 0.6) is 5.75 Å². The summed E-state index contributed by atoms with van der Waals surface area (Å²) in [6.07, 6.45) is 0. The second-order valence-corrected chi connectivity index (χ2v) is 10.8. The number of hydrogen-bond acceptors (Lipinski definition) is 8. The molecule has 4 aromatic rings. The van der Waals surface area contributed by atoms with Gasteiger partial charge in [-0.1, -0.05) is 35.6 Å². The van der Waals surface area contributed by atoms with Gasteiger partial charge in [-0.25, -0.2) is 13.4 Å². The van der Waals surface area contributed by atoms with E-state index in [1.54, 1.807) is 24.3 Å². The van der Waals surface area contributed by atoms with E-state index in [-0.39, 0.29) is 10.5 Å². The maximum Gasteiger partial charge on any atom is 0.277 e. The number of piperazine rings is 1. The Balaban J connectivity index is 1.36. The minimum Gasteiger partial charge on any atom is -0.497 e. The number of rotatable bonds is 5. The van der Waals surface area contributed by atoms with E-state index in [1.807, 2.05) is 36.1 Å². The van der Waals surface area contributed by atoms with Crippen LogP contribution in [0, 0.1) is 6.92 Å². The third-order valence-electron chi connectivity index (χ3n) is 5.87. The van der Waals surface area contributed by atoms with Crippen LogP contribution in [0.3, 0.4) is 0 Å². The zero-order chi connectivity index (χ0) is 23.9. The first kappa shape index (κ1) is 22.5. The van der Waals surface area contributed by atoms with Crippen LogP contribution in [0.1, 0.15) is 5.56 Å². The largest absolute Gasteiger partial charge is 0.497 e. The predicted octanol–water partition coefficient (Wildman–Crippen LogP) is 2.65. The van der Waals surface area contributed by atoms with E-state index < -0.39 is 10.0 Å². The lowest BCUT2D eigenvalue weighted by Crippen LogP contribution is -2.49. The maximum absolute atomic E-state index is 13.0. The monoisotopic (exact) mass is 497 g/mol. The van der Waals surface area contributed by atoms with Crippen molar-refractivity contribution in [1.29, 1.82) is 0 Å². The molecule has 0 spiro atoms. The van der Waals surface area contributed by atoms with Crippen molar-refractivity contribution >= 4 is 32.1 Å². The van der Waals surface area contributed by atoms with Gasteiger partial charge in [0.2, 0.25) is 15.0 Å². The Labute approximate surface area is 200 Å². The Hall–Kier alpha value is -3.28. The van der Waals surface area contributed by atoms with E-state index in [1.165, 1.54) is 33.3 Å². The molecule has 2 aromatic carbocycles. The molecule has 176 valence electrons. The minimum atomic E-state index is -3.61. The predicted molar refractivity (Wildman–Crippen MR) is 131 cm³/mol. The van der Waals surface area contributed by atoms with Crippen LogP contribution in [0.2, 0.25) is 0 Å². The molecule has 3 heterocycles. The van der Waals surface area contributed by atoms with Crippen molar-refractivity contribution in [2.24, 2.45) is 0 Å². The highest BCUT2D eigenvalue weighted by atomic mass is 32.2. The number of benzene rings is 2. The first-order valence-electron chi connectivity index (χ1n) is 10.7. The molecule has 9 nitrogen and oxygen atoms in total. The summed E-state index contributed by atoms with van der Waals surface area (Å²) >= 11 is 1.36. The molecule has 0 bridgehead atoms. The third kappa shape index (κ3) is 4.06. The van der Waals surface area contributed by atoms with Gasteiger partial charge in [0.1, 0.15) is 16.6 Å². The van der Waals surface area contributed by atoms with Crippen LogP contribution >= 0.6 is 11.3 Å². The summed E-state index contributed by atoms with van der Waals surface area (Å²) in [6.45, 7) is 3.46. The molecule has 1 saturated heterocycles. The number of hydrogen-bond donors (Lipinski definition) is 0. The third-order valence-corrected chi connectivity index (χ3v) is 8.72. The molecule has 0 N–H and O–H groups in total. The van der Waals surface area contributed by atoms with Crippen molar-refractivity contribution in [1.82, 2.24) is 18.9 Å². The zero-order valence-corrected chi connectivity index (χ0v) is 20.3. The van der Waals surface area contributed by atoms with Gasteiger partial charge in [-0.2, -0.15) is 13.9 Å².